The van der Waals surface area contributed by atoms with Gasteiger partial charge in [0.1, 0.15) is 23.7 Å². The number of aromatic nitrogens is 2. The SMILES string of the molecule is O=C(Nc1ccc(Cl)cc1Cl)c1cc(Nc2cccc(F)c2)ncn1. The van der Waals surface area contributed by atoms with Crippen LogP contribution in [0.2, 0.25) is 10.0 Å². The molecule has 0 aliphatic carbocycles. The van der Waals surface area contributed by atoms with Crippen molar-refractivity contribution in [3.8, 4) is 0 Å². The molecule has 5 nitrogen and oxygen atoms in total. The molecule has 0 unspecified atom stereocenters. The number of carbonyl (C=O) groups is 1. The molecule has 0 saturated carbocycles. The molecule has 2 N–H and O–H groups in total. The third-order valence-corrected chi connectivity index (χ3v) is 3.72. The minimum Gasteiger partial charge on any atom is -0.340 e. The Morgan fingerprint density at radius 1 is 1.04 bits per heavy atom. The second-order valence-corrected chi connectivity index (χ2v) is 5.85. The van der Waals surface area contributed by atoms with Crippen molar-refractivity contribution in [3.63, 3.8) is 0 Å². The van der Waals surface area contributed by atoms with E-state index in [0.29, 0.717) is 27.2 Å². The zero-order valence-electron chi connectivity index (χ0n) is 12.6. The monoisotopic (exact) mass is 376 g/mol. The van der Waals surface area contributed by atoms with Crippen molar-refractivity contribution in [1.82, 2.24) is 9.97 Å². The van der Waals surface area contributed by atoms with Crippen LogP contribution in [0.1, 0.15) is 10.5 Å². The van der Waals surface area contributed by atoms with E-state index in [-0.39, 0.29) is 11.5 Å². The largest absolute Gasteiger partial charge is 0.340 e. The second-order valence-electron chi connectivity index (χ2n) is 5.00. The molecule has 2 aromatic carbocycles. The summed E-state index contributed by atoms with van der Waals surface area (Å²) < 4.78 is 13.2. The first-order valence-electron chi connectivity index (χ1n) is 7.12. The van der Waals surface area contributed by atoms with E-state index in [9.17, 15) is 9.18 Å². The Kier molecular flexibility index (Phi) is 5.11. The van der Waals surface area contributed by atoms with Gasteiger partial charge < -0.3 is 10.6 Å². The highest BCUT2D eigenvalue weighted by Gasteiger charge is 2.11. The van der Waals surface area contributed by atoms with Gasteiger partial charge in [-0.1, -0.05) is 29.3 Å². The fourth-order valence-corrected chi connectivity index (χ4v) is 2.50. The molecule has 8 heteroatoms. The number of rotatable bonds is 4. The van der Waals surface area contributed by atoms with Crippen LogP contribution in [0, 0.1) is 5.82 Å². The van der Waals surface area contributed by atoms with Gasteiger partial charge >= 0.3 is 0 Å². The van der Waals surface area contributed by atoms with Crippen molar-refractivity contribution in [2.75, 3.05) is 10.6 Å². The molecule has 0 aliphatic rings. The average molecular weight is 377 g/mol. The number of halogens is 3. The Bertz CT molecular complexity index is 936. The predicted molar refractivity (Wildman–Crippen MR) is 96.1 cm³/mol. The zero-order chi connectivity index (χ0) is 17.8. The van der Waals surface area contributed by atoms with Crippen molar-refractivity contribution in [1.29, 1.82) is 0 Å². The van der Waals surface area contributed by atoms with Gasteiger partial charge in [0.2, 0.25) is 0 Å². The van der Waals surface area contributed by atoms with Crippen LogP contribution in [0.25, 0.3) is 0 Å². The molecular weight excluding hydrogens is 366 g/mol. The van der Waals surface area contributed by atoms with Crippen molar-refractivity contribution in [2.24, 2.45) is 0 Å². The lowest BCUT2D eigenvalue weighted by atomic mass is 10.3. The minimum absolute atomic E-state index is 0.125. The normalized spacial score (nSPS) is 10.4. The van der Waals surface area contributed by atoms with Crippen molar-refractivity contribution in [2.45, 2.75) is 0 Å². The van der Waals surface area contributed by atoms with Gasteiger partial charge in [-0.2, -0.15) is 0 Å². The molecule has 0 saturated heterocycles. The fraction of sp³-hybridized carbons (Fsp3) is 0. The summed E-state index contributed by atoms with van der Waals surface area (Å²) in [6.07, 6.45) is 1.24. The van der Waals surface area contributed by atoms with Gasteiger partial charge in [-0.15, -0.1) is 0 Å². The van der Waals surface area contributed by atoms with E-state index in [0.717, 1.165) is 0 Å². The molecule has 1 amide bonds. The summed E-state index contributed by atoms with van der Waals surface area (Å²) in [5.74, 6) is -0.490. The Balaban J connectivity index is 1.77. The number of anilines is 3. The van der Waals surface area contributed by atoms with Crippen LogP contribution in [0.5, 0.6) is 0 Å². The van der Waals surface area contributed by atoms with Gasteiger partial charge in [-0.25, -0.2) is 14.4 Å². The summed E-state index contributed by atoms with van der Waals surface area (Å²) >= 11 is 11.9. The standard InChI is InChI=1S/C17H11Cl2FN4O/c18-10-4-5-14(13(19)6-10)24-17(25)15-8-16(22-9-21-15)23-12-3-1-2-11(20)7-12/h1-9H,(H,24,25)(H,21,22,23). The molecule has 0 bridgehead atoms. The lowest BCUT2D eigenvalue weighted by Gasteiger charge is -2.09. The summed E-state index contributed by atoms with van der Waals surface area (Å²) in [4.78, 5) is 20.3. The third kappa shape index (κ3) is 4.43. The summed E-state index contributed by atoms with van der Waals surface area (Å²) in [5, 5.41) is 6.33. The molecular formula is C17H11Cl2FN4O. The third-order valence-electron chi connectivity index (χ3n) is 3.18. The van der Waals surface area contributed by atoms with Gasteiger partial charge in [-0.3, -0.25) is 4.79 Å². The predicted octanol–water partition coefficient (Wildman–Crippen LogP) is 4.92. The van der Waals surface area contributed by atoms with Crippen LogP contribution in [0.15, 0.2) is 54.9 Å². The average Bonchev–Trinajstić information content (AvgIpc) is 2.57. The van der Waals surface area contributed by atoms with Crippen LogP contribution in [0.4, 0.5) is 21.6 Å². The van der Waals surface area contributed by atoms with Gasteiger partial charge in [0, 0.05) is 16.8 Å². The zero-order valence-corrected chi connectivity index (χ0v) is 14.1. The number of amides is 1. The van der Waals surface area contributed by atoms with Gasteiger partial charge in [0.15, 0.2) is 0 Å². The van der Waals surface area contributed by atoms with Gasteiger partial charge in [0.25, 0.3) is 5.91 Å². The second kappa shape index (κ2) is 7.46. The summed E-state index contributed by atoms with van der Waals surface area (Å²) in [7, 11) is 0. The lowest BCUT2D eigenvalue weighted by Crippen LogP contribution is -2.14. The first-order valence-corrected chi connectivity index (χ1v) is 7.88. The molecule has 1 aromatic heterocycles. The van der Waals surface area contributed by atoms with Crippen LogP contribution < -0.4 is 10.6 Å². The maximum atomic E-state index is 13.2. The number of nitrogens with zero attached hydrogens (tertiary/aromatic N) is 2. The highest BCUT2D eigenvalue weighted by atomic mass is 35.5. The highest BCUT2D eigenvalue weighted by molar-refractivity contribution is 6.36. The quantitative estimate of drug-likeness (QED) is 0.678. The number of nitrogens with one attached hydrogen (secondary N) is 2. The molecule has 0 fully saturated rings. The van der Waals surface area contributed by atoms with E-state index < -0.39 is 5.91 Å². The van der Waals surface area contributed by atoms with Crippen LogP contribution >= 0.6 is 23.2 Å². The van der Waals surface area contributed by atoms with E-state index in [4.69, 9.17) is 23.2 Å². The number of carbonyl (C=O) groups excluding carboxylic acids is 1. The van der Waals surface area contributed by atoms with E-state index >= 15 is 0 Å². The Labute approximate surface area is 152 Å². The molecule has 0 radical (unpaired) electrons. The van der Waals surface area contributed by atoms with Crippen molar-refractivity contribution < 1.29 is 9.18 Å². The summed E-state index contributed by atoms with van der Waals surface area (Å²) in [6.45, 7) is 0. The Hall–Kier alpha value is -2.70. The van der Waals surface area contributed by atoms with Crippen LogP contribution in [0.3, 0.4) is 0 Å². The molecule has 25 heavy (non-hydrogen) atoms. The molecule has 0 spiro atoms. The lowest BCUT2D eigenvalue weighted by molar-refractivity contribution is 0.102. The van der Waals surface area contributed by atoms with E-state index in [1.807, 2.05) is 0 Å². The smallest absolute Gasteiger partial charge is 0.274 e. The first kappa shape index (κ1) is 17.1. The minimum atomic E-state index is -0.464. The summed E-state index contributed by atoms with van der Waals surface area (Å²) in [5.41, 5.74) is 1.04. The maximum absolute atomic E-state index is 13.2. The van der Waals surface area contributed by atoms with Gasteiger partial charge in [-0.05, 0) is 36.4 Å². The van der Waals surface area contributed by atoms with E-state index in [1.54, 1.807) is 24.3 Å². The van der Waals surface area contributed by atoms with Crippen molar-refractivity contribution >= 4 is 46.3 Å². The Morgan fingerprint density at radius 3 is 2.64 bits per heavy atom. The molecule has 1 heterocycles. The maximum Gasteiger partial charge on any atom is 0.274 e. The number of benzene rings is 2. The molecule has 0 aliphatic heterocycles. The van der Waals surface area contributed by atoms with Crippen LogP contribution in [-0.4, -0.2) is 15.9 Å². The number of hydrogen-bond donors (Lipinski definition) is 2. The molecule has 3 aromatic rings. The first-order chi connectivity index (χ1) is 12.0. The molecule has 0 atom stereocenters. The highest BCUT2D eigenvalue weighted by Crippen LogP contribution is 2.26. The van der Waals surface area contributed by atoms with Crippen molar-refractivity contribution in [3.05, 3.63) is 76.4 Å². The number of hydrogen-bond acceptors (Lipinski definition) is 4. The molecule has 3 rings (SSSR count). The summed E-state index contributed by atoms with van der Waals surface area (Å²) in [6, 6.07) is 12.1. The molecule has 126 valence electrons. The topological polar surface area (TPSA) is 66.9 Å². The van der Waals surface area contributed by atoms with E-state index in [2.05, 4.69) is 20.6 Å². The fourth-order valence-electron chi connectivity index (χ4n) is 2.04. The van der Waals surface area contributed by atoms with E-state index in [1.165, 1.54) is 30.6 Å². The van der Waals surface area contributed by atoms with Crippen LogP contribution in [-0.2, 0) is 0 Å². The Morgan fingerprint density at radius 2 is 1.88 bits per heavy atom. The van der Waals surface area contributed by atoms with Gasteiger partial charge in [0.05, 0.1) is 10.7 Å².